The molecule has 0 spiro atoms. The first kappa shape index (κ1) is 18.3. The first-order valence-corrected chi connectivity index (χ1v) is 9.74. The molecule has 0 unspecified atom stereocenters. The minimum Gasteiger partial charge on any atom is -1.00 e. The second-order valence-corrected chi connectivity index (χ2v) is 7.37. The lowest BCUT2D eigenvalue weighted by molar-refractivity contribution is -0.00000493. The molecule has 130 valence electrons. The molecule has 2 aromatic heterocycles. The molecule has 4 heteroatoms. The molecule has 2 nitrogen and oxygen atoms in total. The van der Waals surface area contributed by atoms with Gasteiger partial charge >= 0.3 is 0 Å². The predicted octanol–water partition coefficient (Wildman–Crippen LogP) is 2.71. The van der Waals surface area contributed by atoms with E-state index in [1.54, 1.807) is 11.3 Å². The summed E-state index contributed by atoms with van der Waals surface area (Å²) < 4.78 is 0. The van der Waals surface area contributed by atoms with Crippen LogP contribution in [0.15, 0.2) is 41.9 Å². The van der Waals surface area contributed by atoms with Crippen molar-refractivity contribution >= 4 is 11.3 Å². The fourth-order valence-corrected chi connectivity index (χ4v) is 4.26. The number of hydrogen-bond donors (Lipinski definition) is 0. The Bertz CT molecular complexity index is 857. The minimum atomic E-state index is 0. The van der Waals surface area contributed by atoms with Crippen LogP contribution in [0.3, 0.4) is 0 Å². The van der Waals surface area contributed by atoms with Gasteiger partial charge in [0.2, 0.25) is 0 Å². The molecule has 1 aromatic carbocycles. The Hall–Kier alpha value is -1.52. The summed E-state index contributed by atoms with van der Waals surface area (Å²) in [5.41, 5.74) is 7.72. The van der Waals surface area contributed by atoms with E-state index in [4.69, 9.17) is 4.98 Å². The molecule has 0 saturated carbocycles. The van der Waals surface area contributed by atoms with Gasteiger partial charge in [-0.25, -0.2) is 4.98 Å². The average Bonchev–Trinajstić information content (AvgIpc) is 3.12. The van der Waals surface area contributed by atoms with Crippen molar-refractivity contribution in [2.45, 2.75) is 45.4 Å². The average molecular weight is 414 g/mol. The van der Waals surface area contributed by atoms with Crippen LogP contribution in [-0.4, -0.2) is 9.97 Å². The molecule has 0 N–H and O–H groups in total. The highest BCUT2D eigenvalue weighted by Crippen LogP contribution is 2.31. The lowest BCUT2D eigenvalue weighted by Gasteiger charge is -2.16. The van der Waals surface area contributed by atoms with Crippen molar-refractivity contribution in [3.8, 4) is 21.8 Å². The summed E-state index contributed by atoms with van der Waals surface area (Å²) in [6.07, 6.45) is 9.14. The Balaban J connectivity index is 0.00000182. The molecule has 0 fully saturated rings. The van der Waals surface area contributed by atoms with Gasteiger partial charge in [-0.05, 0) is 61.4 Å². The zero-order valence-corrected chi connectivity index (χ0v) is 16.9. The van der Waals surface area contributed by atoms with Gasteiger partial charge in [0.1, 0.15) is 5.01 Å². The van der Waals surface area contributed by atoms with Crippen molar-refractivity contribution in [3.63, 3.8) is 0 Å². The van der Waals surface area contributed by atoms with Crippen LogP contribution in [0.25, 0.3) is 21.8 Å². The lowest BCUT2D eigenvalue weighted by Crippen LogP contribution is -3.00. The number of aryl methyl sites for hydroxylation is 3. The maximum Gasteiger partial charge on any atom is 0.124 e. The number of thiazole rings is 1. The molecular weight excluding hydrogens is 392 g/mol. The molecular formula is C21H22BrN2S-. The van der Waals surface area contributed by atoms with Crippen molar-refractivity contribution in [1.29, 1.82) is 0 Å². The molecule has 0 saturated heterocycles. The molecule has 0 bridgehead atoms. The number of rotatable bonds is 4. The standard InChI is InChI=1S/C21H22N2S.BrH/c1-2-5-19-13-18(10-11-22-19)21-23-20(14-24-21)17-9-8-15-6-3-4-7-16(15)12-17;/h8-14H,2-7H2,1H3;1H/p-1. The number of fused-ring (bicyclic) bond motifs is 1. The van der Waals surface area contributed by atoms with Crippen LogP contribution in [0, 0.1) is 0 Å². The Kier molecular flexibility index (Phi) is 6.02. The first-order valence-electron chi connectivity index (χ1n) is 8.86. The molecule has 3 aromatic rings. The van der Waals surface area contributed by atoms with E-state index >= 15 is 0 Å². The Morgan fingerprint density at radius 2 is 1.84 bits per heavy atom. The van der Waals surface area contributed by atoms with Crippen LogP contribution < -0.4 is 17.0 Å². The van der Waals surface area contributed by atoms with Gasteiger partial charge in [-0.2, -0.15) is 0 Å². The normalized spacial score (nSPS) is 13.2. The third-order valence-corrected chi connectivity index (χ3v) is 5.61. The van der Waals surface area contributed by atoms with Gasteiger partial charge in [-0.15, -0.1) is 11.3 Å². The number of halogens is 1. The second-order valence-electron chi connectivity index (χ2n) is 6.51. The fourth-order valence-electron chi connectivity index (χ4n) is 3.44. The van der Waals surface area contributed by atoms with Gasteiger partial charge in [0.25, 0.3) is 0 Å². The van der Waals surface area contributed by atoms with Crippen molar-refractivity contribution in [1.82, 2.24) is 9.97 Å². The maximum absolute atomic E-state index is 4.89. The third-order valence-electron chi connectivity index (χ3n) is 4.72. The molecule has 4 rings (SSSR count). The summed E-state index contributed by atoms with van der Waals surface area (Å²) in [6, 6.07) is 11.1. The van der Waals surface area contributed by atoms with Crippen molar-refractivity contribution < 1.29 is 17.0 Å². The van der Waals surface area contributed by atoms with E-state index in [2.05, 4.69) is 47.6 Å². The summed E-state index contributed by atoms with van der Waals surface area (Å²) in [5, 5.41) is 3.27. The molecule has 0 atom stereocenters. The fraction of sp³-hybridized carbons (Fsp3) is 0.333. The SMILES string of the molecule is CCCc1cc(-c2nc(-c3ccc4c(c3)CCCC4)cs2)ccn1.[Br-]. The van der Waals surface area contributed by atoms with E-state index in [0.29, 0.717) is 0 Å². The number of aromatic nitrogens is 2. The van der Waals surface area contributed by atoms with Gasteiger partial charge in [0.05, 0.1) is 5.69 Å². The highest BCUT2D eigenvalue weighted by atomic mass is 79.9. The van der Waals surface area contributed by atoms with Gasteiger partial charge < -0.3 is 17.0 Å². The Morgan fingerprint density at radius 1 is 1.00 bits per heavy atom. The largest absolute Gasteiger partial charge is 1.00 e. The summed E-state index contributed by atoms with van der Waals surface area (Å²) in [4.78, 5) is 9.34. The van der Waals surface area contributed by atoms with E-state index in [-0.39, 0.29) is 17.0 Å². The van der Waals surface area contributed by atoms with Crippen LogP contribution in [-0.2, 0) is 19.3 Å². The van der Waals surface area contributed by atoms with E-state index in [1.165, 1.54) is 47.9 Å². The van der Waals surface area contributed by atoms with Crippen LogP contribution in [0.4, 0.5) is 0 Å². The van der Waals surface area contributed by atoms with E-state index in [0.717, 1.165) is 29.2 Å². The highest BCUT2D eigenvalue weighted by Gasteiger charge is 2.12. The quantitative estimate of drug-likeness (QED) is 0.656. The Morgan fingerprint density at radius 3 is 2.68 bits per heavy atom. The maximum atomic E-state index is 4.89. The summed E-state index contributed by atoms with van der Waals surface area (Å²) in [5.74, 6) is 0. The topological polar surface area (TPSA) is 25.8 Å². The van der Waals surface area contributed by atoms with Crippen LogP contribution in [0.5, 0.6) is 0 Å². The summed E-state index contributed by atoms with van der Waals surface area (Å²) in [6.45, 7) is 2.19. The summed E-state index contributed by atoms with van der Waals surface area (Å²) >= 11 is 1.72. The Labute approximate surface area is 164 Å². The van der Waals surface area contributed by atoms with Gasteiger partial charge in [0, 0.05) is 28.4 Å². The number of hydrogen-bond acceptors (Lipinski definition) is 3. The van der Waals surface area contributed by atoms with Crippen LogP contribution in [0.1, 0.15) is 43.0 Å². The number of nitrogens with zero attached hydrogens (tertiary/aromatic N) is 2. The highest BCUT2D eigenvalue weighted by molar-refractivity contribution is 7.13. The molecule has 2 heterocycles. The smallest absolute Gasteiger partial charge is 0.124 e. The zero-order chi connectivity index (χ0) is 16.4. The van der Waals surface area contributed by atoms with Gasteiger partial charge in [0.15, 0.2) is 0 Å². The van der Waals surface area contributed by atoms with E-state index in [9.17, 15) is 0 Å². The molecule has 0 radical (unpaired) electrons. The molecule has 0 aliphatic heterocycles. The van der Waals surface area contributed by atoms with Crippen LogP contribution >= 0.6 is 11.3 Å². The zero-order valence-electron chi connectivity index (χ0n) is 14.5. The molecule has 1 aliphatic carbocycles. The molecule has 25 heavy (non-hydrogen) atoms. The van der Waals surface area contributed by atoms with Crippen molar-refractivity contribution in [2.24, 2.45) is 0 Å². The predicted molar refractivity (Wildman–Crippen MR) is 101 cm³/mol. The molecule has 1 aliphatic rings. The number of pyridine rings is 1. The molecule has 0 amide bonds. The minimum absolute atomic E-state index is 0. The monoisotopic (exact) mass is 413 g/mol. The van der Waals surface area contributed by atoms with Gasteiger partial charge in [-0.3, -0.25) is 4.98 Å². The lowest BCUT2D eigenvalue weighted by atomic mass is 9.90. The van der Waals surface area contributed by atoms with Crippen molar-refractivity contribution in [2.75, 3.05) is 0 Å². The van der Waals surface area contributed by atoms with Crippen LogP contribution in [0.2, 0.25) is 0 Å². The van der Waals surface area contributed by atoms with Crippen molar-refractivity contribution in [3.05, 3.63) is 58.7 Å². The van der Waals surface area contributed by atoms with Gasteiger partial charge in [-0.1, -0.05) is 25.5 Å². The summed E-state index contributed by atoms with van der Waals surface area (Å²) in [7, 11) is 0. The van der Waals surface area contributed by atoms with E-state index < -0.39 is 0 Å². The third kappa shape index (κ3) is 4.01. The number of benzene rings is 1. The first-order chi connectivity index (χ1) is 11.8. The van der Waals surface area contributed by atoms with E-state index in [1.807, 2.05) is 6.20 Å². The second kappa shape index (κ2) is 8.24.